The zero-order valence-corrected chi connectivity index (χ0v) is 16.3. The molecule has 0 saturated heterocycles. The first kappa shape index (κ1) is 17.6. The highest BCUT2D eigenvalue weighted by molar-refractivity contribution is 9.10. The summed E-state index contributed by atoms with van der Waals surface area (Å²) in [6, 6.07) is 15.3. The van der Waals surface area contributed by atoms with E-state index in [4.69, 9.17) is 4.52 Å². The van der Waals surface area contributed by atoms with Crippen molar-refractivity contribution in [2.24, 2.45) is 0 Å². The van der Waals surface area contributed by atoms with Crippen LogP contribution in [-0.4, -0.2) is 19.7 Å². The van der Waals surface area contributed by atoms with Crippen LogP contribution in [0.5, 0.6) is 0 Å². The third kappa shape index (κ3) is 3.68. The maximum Gasteiger partial charge on any atom is 0.261 e. The summed E-state index contributed by atoms with van der Waals surface area (Å²) in [5.41, 5.74) is 1.70. The van der Waals surface area contributed by atoms with E-state index in [2.05, 4.69) is 31.1 Å². The van der Waals surface area contributed by atoms with Crippen molar-refractivity contribution in [1.29, 1.82) is 0 Å². The molecule has 0 atom stereocenters. The standard InChI is InChI=1S/C20H17BrN4O2/c1-2-18-22-16-6-4-3-5-15(16)20(26)25(18)12-17-23-19(27-24-17)11-13-7-9-14(21)10-8-13/h3-10H,2,11-12H2,1H3. The molecule has 0 amide bonds. The maximum absolute atomic E-state index is 12.9. The van der Waals surface area contributed by atoms with Gasteiger partial charge in [0.1, 0.15) is 5.82 Å². The first-order valence-corrected chi connectivity index (χ1v) is 9.47. The summed E-state index contributed by atoms with van der Waals surface area (Å²) < 4.78 is 8.01. The van der Waals surface area contributed by atoms with E-state index < -0.39 is 0 Å². The number of nitrogens with zero attached hydrogens (tertiary/aromatic N) is 4. The van der Waals surface area contributed by atoms with Gasteiger partial charge in [-0.15, -0.1) is 0 Å². The van der Waals surface area contributed by atoms with Gasteiger partial charge < -0.3 is 4.52 Å². The van der Waals surface area contributed by atoms with Crippen molar-refractivity contribution in [2.45, 2.75) is 26.3 Å². The number of hydrogen-bond donors (Lipinski definition) is 0. The minimum atomic E-state index is -0.0864. The van der Waals surface area contributed by atoms with Gasteiger partial charge in [-0.1, -0.05) is 52.3 Å². The quantitative estimate of drug-likeness (QED) is 0.487. The second kappa shape index (κ2) is 7.44. The van der Waals surface area contributed by atoms with Crippen LogP contribution in [0, 0.1) is 0 Å². The summed E-state index contributed by atoms with van der Waals surface area (Å²) in [5.74, 6) is 1.70. The molecule has 4 aromatic rings. The summed E-state index contributed by atoms with van der Waals surface area (Å²) >= 11 is 3.42. The fourth-order valence-electron chi connectivity index (χ4n) is 2.99. The van der Waals surface area contributed by atoms with Gasteiger partial charge in [0.15, 0.2) is 5.82 Å². The molecule has 0 bridgehead atoms. The van der Waals surface area contributed by atoms with Crippen molar-refractivity contribution in [1.82, 2.24) is 19.7 Å². The molecule has 2 heterocycles. The SMILES string of the molecule is CCc1nc2ccccc2c(=O)n1Cc1noc(Cc2ccc(Br)cc2)n1. The van der Waals surface area contributed by atoms with Gasteiger partial charge in [0.05, 0.1) is 23.9 Å². The highest BCUT2D eigenvalue weighted by Gasteiger charge is 2.14. The number of halogens is 1. The fourth-order valence-corrected chi connectivity index (χ4v) is 3.26. The van der Waals surface area contributed by atoms with E-state index in [0.29, 0.717) is 41.3 Å². The number of fused-ring (bicyclic) bond motifs is 1. The lowest BCUT2D eigenvalue weighted by Crippen LogP contribution is -2.26. The van der Waals surface area contributed by atoms with Crippen LogP contribution in [0.3, 0.4) is 0 Å². The monoisotopic (exact) mass is 424 g/mol. The Hall–Kier alpha value is -2.80. The fraction of sp³-hybridized carbons (Fsp3) is 0.200. The number of para-hydroxylation sites is 1. The van der Waals surface area contributed by atoms with E-state index in [-0.39, 0.29) is 12.1 Å². The number of hydrogen-bond acceptors (Lipinski definition) is 5. The lowest BCUT2D eigenvalue weighted by molar-refractivity contribution is 0.377. The van der Waals surface area contributed by atoms with Crippen LogP contribution >= 0.6 is 15.9 Å². The number of rotatable bonds is 5. The first-order valence-electron chi connectivity index (χ1n) is 8.68. The normalized spacial score (nSPS) is 11.2. The van der Waals surface area contributed by atoms with Crippen molar-refractivity contribution >= 4 is 26.8 Å². The Bertz CT molecular complexity index is 1150. The topological polar surface area (TPSA) is 73.8 Å². The van der Waals surface area contributed by atoms with Gasteiger partial charge in [-0.2, -0.15) is 4.98 Å². The molecule has 0 fully saturated rings. The summed E-state index contributed by atoms with van der Waals surface area (Å²) in [4.78, 5) is 21.9. The van der Waals surface area contributed by atoms with Crippen molar-refractivity contribution in [2.75, 3.05) is 0 Å². The van der Waals surface area contributed by atoms with Gasteiger partial charge in [0.2, 0.25) is 5.89 Å². The van der Waals surface area contributed by atoms with Gasteiger partial charge in [-0.05, 0) is 29.8 Å². The number of benzene rings is 2. The number of aryl methyl sites for hydroxylation is 1. The van der Waals surface area contributed by atoms with E-state index in [1.807, 2.05) is 49.4 Å². The molecule has 0 radical (unpaired) electrons. The van der Waals surface area contributed by atoms with Crippen molar-refractivity contribution < 1.29 is 4.52 Å². The van der Waals surface area contributed by atoms with Gasteiger partial charge in [-0.25, -0.2) is 4.98 Å². The average Bonchev–Trinajstić information content (AvgIpc) is 3.13. The molecular formula is C20H17BrN4O2. The Balaban J connectivity index is 1.63. The molecule has 2 aromatic heterocycles. The highest BCUT2D eigenvalue weighted by Crippen LogP contribution is 2.14. The van der Waals surface area contributed by atoms with Crippen LogP contribution in [0.1, 0.15) is 30.0 Å². The molecule has 136 valence electrons. The predicted octanol–water partition coefficient (Wildman–Crippen LogP) is 3.74. The first-order chi connectivity index (χ1) is 13.1. The van der Waals surface area contributed by atoms with E-state index in [9.17, 15) is 4.79 Å². The summed E-state index contributed by atoms with van der Waals surface area (Å²) in [6.07, 6.45) is 1.19. The lowest BCUT2D eigenvalue weighted by Gasteiger charge is -2.10. The molecule has 0 aliphatic rings. The molecular weight excluding hydrogens is 408 g/mol. The Kier molecular flexibility index (Phi) is 4.85. The van der Waals surface area contributed by atoms with Crippen LogP contribution in [0.4, 0.5) is 0 Å². The number of aromatic nitrogens is 4. The van der Waals surface area contributed by atoms with Crippen LogP contribution in [-0.2, 0) is 19.4 Å². The molecule has 2 aromatic carbocycles. The smallest absolute Gasteiger partial charge is 0.261 e. The summed E-state index contributed by atoms with van der Waals surface area (Å²) in [7, 11) is 0. The summed E-state index contributed by atoms with van der Waals surface area (Å²) in [5, 5.41) is 4.63. The Morgan fingerprint density at radius 1 is 1.07 bits per heavy atom. The largest absolute Gasteiger partial charge is 0.339 e. The van der Waals surface area contributed by atoms with E-state index in [1.54, 1.807) is 10.6 Å². The second-order valence-corrected chi connectivity index (χ2v) is 7.11. The molecule has 0 aliphatic heterocycles. The minimum Gasteiger partial charge on any atom is -0.339 e. The minimum absolute atomic E-state index is 0.0864. The molecule has 0 saturated carbocycles. The van der Waals surface area contributed by atoms with E-state index >= 15 is 0 Å². The highest BCUT2D eigenvalue weighted by atomic mass is 79.9. The second-order valence-electron chi connectivity index (χ2n) is 6.20. The molecule has 7 heteroatoms. The lowest BCUT2D eigenvalue weighted by atomic mass is 10.1. The van der Waals surface area contributed by atoms with Crippen LogP contribution in [0.15, 0.2) is 62.3 Å². The van der Waals surface area contributed by atoms with Crippen molar-refractivity contribution in [3.05, 3.63) is 86.5 Å². The van der Waals surface area contributed by atoms with E-state index in [1.165, 1.54) is 0 Å². The molecule has 0 unspecified atom stereocenters. The van der Waals surface area contributed by atoms with Crippen molar-refractivity contribution in [3.63, 3.8) is 0 Å². The third-order valence-corrected chi connectivity index (χ3v) is 4.86. The molecule has 0 aliphatic carbocycles. The van der Waals surface area contributed by atoms with E-state index in [0.717, 1.165) is 10.0 Å². The Morgan fingerprint density at radius 3 is 2.63 bits per heavy atom. The van der Waals surface area contributed by atoms with Crippen LogP contribution in [0.25, 0.3) is 10.9 Å². The van der Waals surface area contributed by atoms with Gasteiger partial charge in [0.25, 0.3) is 5.56 Å². The molecule has 27 heavy (non-hydrogen) atoms. The van der Waals surface area contributed by atoms with Crippen LogP contribution in [0.2, 0.25) is 0 Å². The average molecular weight is 425 g/mol. The van der Waals surface area contributed by atoms with Gasteiger partial charge in [-0.3, -0.25) is 9.36 Å². The van der Waals surface area contributed by atoms with Gasteiger partial charge in [0, 0.05) is 10.9 Å². The Labute approximate surface area is 164 Å². The van der Waals surface area contributed by atoms with Gasteiger partial charge >= 0.3 is 0 Å². The molecule has 0 N–H and O–H groups in total. The zero-order valence-electron chi connectivity index (χ0n) is 14.7. The third-order valence-electron chi connectivity index (χ3n) is 4.34. The molecule has 6 nitrogen and oxygen atoms in total. The summed E-state index contributed by atoms with van der Waals surface area (Å²) in [6.45, 7) is 2.21. The van der Waals surface area contributed by atoms with Crippen molar-refractivity contribution in [3.8, 4) is 0 Å². The molecule has 4 rings (SSSR count). The zero-order chi connectivity index (χ0) is 18.8. The Morgan fingerprint density at radius 2 is 1.85 bits per heavy atom. The molecule has 0 spiro atoms. The predicted molar refractivity (Wildman–Crippen MR) is 106 cm³/mol. The van der Waals surface area contributed by atoms with Crippen LogP contribution < -0.4 is 5.56 Å². The maximum atomic E-state index is 12.9.